The van der Waals surface area contributed by atoms with Gasteiger partial charge in [0.1, 0.15) is 0 Å². The maximum absolute atomic E-state index is 9.21. The van der Waals surface area contributed by atoms with Crippen molar-refractivity contribution in [1.29, 1.82) is 0 Å². The lowest BCUT2D eigenvalue weighted by Gasteiger charge is -2.06. The molecule has 66 valence electrons. The molecule has 0 aromatic carbocycles. The highest BCUT2D eigenvalue weighted by Gasteiger charge is 2.08. The first-order valence-electron chi connectivity index (χ1n) is 3.24. The summed E-state index contributed by atoms with van der Waals surface area (Å²) in [7, 11) is -0.483. The largest absolute Gasteiger partial charge is 0.426 e. The third-order valence-electron chi connectivity index (χ3n) is 1.44. The van der Waals surface area contributed by atoms with Crippen LogP contribution >= 0.6 is 23.3 Å². The maximum atomic E-state index is 9.21. The van der Waals surface area contributed by atoms with Crippen molar-refractivity contribution in [2.24, 2.45) is 0 Å². The molecule has 0 fully saturated rings. The van der Waals surface area contributed by atoms with Gasteiger partial charge in [-0.25, -0.2) is 4.98 Å². The fourth-order valence-corrected chi connectivity index (χ4v) is 2.38. The van der Waals surface area contributed by atoms with Gasteiger partial charge in [0.15, 0.2) is 5.16 Å². The van der Waals surface area contributed by atoms with Gasteiger partial charge in [0, 0.05) is 6.20 Å². The van der Waals surface area contributed by atoms with Crippen molar-refractivity contribution in [3.05, 3.63) is 35.4 Å². The number of halogens is 1. The third-order valence-corrected chi connectivity index (χ3v) is 3.21. The zero-order valence-electron chi connectivity index (χ0n) is 6.16. The molecule has 1 aliphatic heterocycles. The lowest BCUT2D eigenvalue weighted by Crippen LogP contribution is -1.91. The van der Waals surface area contributed by atoms with Crippen LogP contribution in [0.2, 0.25) is 0 Å². The fourth-order valence-electron chi connectivity index (χ4n) is 0.942. The summed E-state index contributed by atoms with van der Waals surface area (Å²) in [6, 6.07) is 0. The van der Waals surface area contributed by atoms with Crippen molar-refractivity contribution in [1.82, 2.24) is 9.71 Å². The molecule has 1 N–H and O–H groups in total. The van der Waals surface area contributed by atoms with Crippen LogP contribution in [0.1, 0.15) is 0 Å². The van der Waals surface area contributed by atoms with Crippen molar-refractivity contribution in [3.63, 3.8) is 0 Å². The fraction of sp³-hybridized carbons (Fsp3) is 0. The van der Waals surface area contributed by atoms with E-state index in [1.54, 1.807) is 6.20 Å². The second-order valence-corrected chi connectivity index (χ2v) is 3.97. The van der Waals surface area contributed by atoms with Gasteiger partial charge in [-0.1, -0.05) is 12.2 Å². The topological polar surface area (TPSA) is 38.0 Å². The van der Waals surface area contributed by atoms with Crippen molar-refractivity contribution in [2.45, 2.75) is 5.16 Å². The van der Waals surface area contributed by atoms with Crippen LogP contribution < -0.4 is 0 Å². The van der Waals surface area contributed by atoms with Gasteiger partial charge in [-0.05, 0) is 10.8 Å². The van der Waals surface area contributed by atoms with Gasteiger partial charge in [0.2, 0.25) is 0 Å². The number of rotatable bonds is 1. The zero-order valence-corrected chi connectivity index (χ0v) is 7.87. The van der Waals surface area contributed by atoms with Gasteiger partial charge in [-0.2, -0.15) is 15.6 Å². The van der Waals surface area contributed by atoms with E-state index in [4.69, 9.17) is 0 Å². The molecule has 0 amide bonds. The van der Waals surface area contributed by atoms with Crippen LogP contribution in [0, 0.1) is 0 Å². The van der Waals surface area contributed by atoms with Crippen molar-refractivity contribution in [3.8, 4) is 0 Å². The van der Waals surface area contributed by atoms with Crippen molar-refractivity contribution in [2.75, 3.05) is 0 Å². The molecule has 0 bridgehead atoms. The van der Waals surface area contributed by atoms with E-state index in [-0.39, 0.29) is 12.4 Å². The van der Waals surface area contributed by atoms with Gasteiger partial charge in [0.25, 0.3) is 0 Å². The number of hydrogen-bond donors (Lipinski definition) is 2. The van der Waals surface area contributed by atoms with Gasteiger partial charge in [0.05, 0.1) is 6.20 Å². The normalized spacial score (nSPS) is 16.5. The Morgan fingerprint density at radius 3 is 2.50 bits per heavy atom. The van der Waals surface area contributed by atoms with Crippen molar-refractivity contribution < 1.29 is 5.21 Å². The van der Waals surface area contributed by atoms with E-state index in [1.807, 2.05) is 23.0 Å². The Hall–Kier alpha value is -0.870. The van der Waals surface area contributed by atoms with Crippen LogP contribution in [0.4, 0.5) is 0 Å². The van der Waals surface area contributed by atoms with Crippen LogP contribution in [-0.4, -0.2) is 14.9 Å². The molecular weight excluding hydrogens is 196 g/mol. The smallest absolute Gasteiger partial charge is 0.189 e. The molecule has 5 heteroatoms. The number of allylic oxidation sites excluding steroid dienone is 2. The van der Waals surface area contributed by atoms with Crippen LogP contribution in [0.3, 0.4) is 0 Å². The standard InChI is InChI=1S/C7H8N2OS.ClH/c10-9-4-3-8-7(9)11-5-1-2-6-11;/h1-6,10-11H;1H. The van der Waals surface area contributed by atoms with Crippen LogP contribution in [-0.2, 0) is 0 Å². The molecule has 2 rings (SSSR count). The summed E-state index contributed by atoms with van der Waals surface area (Å²) < 4.78 is 1.08. The summed E-state index contributed by atoms with van der Waals surface area (Å²) in [6.45, 7) is 0. The van der Waals surface area contributed by atoms with Gasteiger partial charge in [-0.3, -0.25) is 0 Å². The molecule has 0 spiro atoms. The Balaban J connectivity index is 0.000000720. The Morgan fingerprint density at radius 1 is 1.33 bits per heavy atom. The highest BCUT2D eigenvalue weighted by Crippen LogP contribution is 2.39. The Kier molecular flexibility index (Phi) is 2.83. The SMILES string of the molecule is Cl.On1ccnc1[SH]1C=CC=C1. The molecule has 0 atom stereocenters. The summed E-state index contributed by atoms with van der Waals surface area (Å²) >= 11 is 0. The lowest BCUT2D eigenvalue weighted by molar-refractivity contribution is 0.160. The predicted molar refractivity (Wildman–Crippen MR) is 52.2 cm³/mol. The maximum Gasteiger partial charge on any atom is 0.189 e. The van der Waals surface area contributed by atoms with E-state index in [2.05, 4.69) is 4.98 Å². The second kappa shape index (κ2) is 3.69. The van der Waals surface area contributed by atoms with E-state index in [0.717, 1.165) is 9.89 Å². The molecule has 0 saturated heterocycles. The lowest BCUT2D eigenvalue weighted by atomic mass is 10.6. The minimum absolute atomic E-state index is 0. The number of nitrogens with zero attached hydrogens (tertiary/aromatic N) is 2. The molecular formula is C7H9ClN2OS. The average molecular weight is 205 g/mol. The van der Waals surface area contributed by atoms with Crippen molar-refractivity contribution >= 4 is 23.3 Å². The summed E-state index contributed by atoms with van der Waals surface area (Å²) in [5.74, 6) is 0. The Bertz CT molecular complexity index is 309. The zero-order chi connectivity index (χ0) is 7.68. The molecule has 0 saturated carbocycles. The molecule has 1 aromatic heterocycles. The van der Waals surface area contributed by atoms with E-state index in [1.165, 1.54) is 6.20 Å². The molecule has 12 heavy (non-hydrogen) atoms. The van der Waals surface area contributed by atoms with E-state index in [0.29, 0.717) is 0 Å². The average Bonchev–Trinajstić information content (AvgIpc) is 2.55. The number of aromatic nitrogens is 2. The molecule has 1 aromatic rings. The third kappa shape index (κ3) is 1.49. The number of hydrogen-bond acceptors (Lipinski definition) is 2. The van der Waals surface area contributed by atoms with Crippen LogP contribution in [0.5, 0.6) is 0 Å². The first-order chi connectivity index (χ1) is 5.38. The number of imidazole rings is 1. The summed E-state index contributed by atoms with van der Waals surface area (Å²) in [5.41, 5.74) is 0. The van der Waals surface area contributed by atoms with Crippen LogP contribution in [0.15, 0.2) is 40.5 Å². The van der Waals surface area contributed by atoms with E-state index < -0.39 is 10.9 Å². The molecule has 0 aliphatic carbocycles. The predicted octanol–water partition coefficient (Wildman–Crippen LogP) is 1.94. The van der Waals surface area contributed by atoms with E-state index in [9.17, 15) is 5.21 Å². The van der Waals surface area contributed by atoms with Gasteiger partial charge < -0.3 is 5.21 Å². The highest BCUT2D eigenvalue weighted by molar-refractivity contribution is 8.22. The van der Waals surface area contributed by atoms with Gasteiger partial charge >= 0.3 is 0 Å². The minimum atomic E-state index is -0.483. The molecule has 2 heterocycles. The number of thiol groups is 1. The molecule has 1 aliphatic rings. The quantitative estimate of drug-likeness (QED) is 0.542. The summed E-state index contributed by atoms with van der Waals surface area (Å²) in [4.78, 5) is 4.04. The molecule has 3 nitrogen and oxygen atoms in total. The summed E-state index contributed by atoms with van der Waals surface area (Å²) in [5, 5.41) is 14.0. The second-order valence-electron chi connectivity index (χ2n) is 2.16. The van der Waals surface area contributed by atoms with Crippen LogP contribution in [0.25, 0.3) is 0 Å². The first-order valence-corrected chi connectivity index (χ1v) is 4.72. The summed E-state index contributed by atoms with van der Waals surface area (Å²) in [6.07, 6.45) is 7.08. The highest BCUT2D eigenvalue weighted by atomic mass is 35.5. The van der Waals surface area contributed by atoms with E-state index >= 15 is 0 Å². The molecule has 0 unspecified atom stereocenters. The Labute approximate surface area is 79.1 Å². The van der Waals surface area contributed by atoms with Gasteiger partial charge in [-0.15, -0.1) is 12.4 Å². The Morgan fingerprint density at radius 2 is 2.00 bits per heavy atom. The molecule has 0 radical (unpaired) electrons. The first kappa shape index (κ1) is 9.22. The monoisotopic (exact) mass is 204 g/mol. The minimum Gasteiger partial charge on any atom is -0.426 e.